The topological polar surface area (TPSA) is 83.1 Å². The molecule has 2 N–H and O–H groups in total. The van der Waals surface area contributed by atoms with Crippen LogP contribution in [-0.4, -0.2) is 74.3 Å². The summed E-state index contributed by atoms with van der Waals surface area (Å²) in [5.41, 5.74) is 6.89. The third-order valence-corrected chi connectivity index (χ3v) is 5.69. The molecule has 33 heavy (non-hydrogen) atoms. The lowest BCUT2D eigenvalue weighted by atomic mass is 9.96. The number of piperazine rings is 1. The van der Waals surface area contributed by atoms with Crippen LogP contribution in [0.1, 0.15) is 24.1 Å². The third kappa shape index (κ3) is 8.01. The summed E-state index contributed by atoms with van der Waals surface area (Å²) in [7, 11) is 0. The smallest absolute Gasteiger partial charge is 0.426 e. The van der Waals surface area contributed by atoms with Crippen molar-refractivity contribution in [3.63, 3.8) is 0 Å². The quantitative estimate of drug-likeness (QED) is 0.429. The van der Waals surface area contributed by atoms with Gasteiger partial charge >= 0.3 is 6.09 Å². The van der Waals surface area contributed by atoms with Gasteiger partial charge in [0.05, 0.1) is 19.3 Å². The molecule has 1 fully saturated rings. The minimum Gasteiger partial charge on any atom is -0.449 e. The van der Waals surface area contributed by atoms with Crippen molar-refractivity contribution in [3.8, 4) is 0 Å². The molecular weight excluding hydrogens is 444 g/mol. The number of carbonyl (C=O) groups is 2. The Hall–Kier alpha value is -2.65. The van der Waals surface area contributed by atoms with Gasteiger partial charge in [-0.1, -0.05) is 54.1 Å². The highest BCUT2D eigenvalue weighted by molar-refractivity contribution is 6.30. The zero-order valence-corrected chi connectivity index (χ0v) is 19.6. The van der Waals surface area contributed by atoms with Gasteiger partial charge in [-0.25, -0.2) is 10.2 Å². The Labute approximate surface area is 199 Å². The van der Waals surface area contributed by atoms with Crippen molar-refractivity contribution in [2.24, 2.45) is 0 Å². The van der Waals surface area contributed by atoms with E-state index in [1.807, 2.05) is 18.2 Å². The maximum absolute atomic E-state index is 11.7. The summed E-state index contributed by atoms with van der Waals surface area (Å²) in [6.07, 6.45) is -0.698. The van der Waals surface area contributed by atoms with Crippen LogP contribution in [0.5, 0.6) is 0 Å². The van der Waals surface area contributed by atoms with Gasteiger partial charge < -0.3 is 9.47 Å². The fourth-order valence-corrected chi connectivity index (χ4v) is 3.95. The molecule has 178 valence electrons. The Morgan fingerprint density at radius 2 is 1.64 bits per heavy atom. The zero-order valence-electron chi connectivity index (χ0n) is 18.8. The van der Waals surface area contributed by atoms with Crippen molar-refractivity contribution in [2.45, 2.75) is 13.0 Å². The van der Waals surface area contributed by atoms with Gasteiger partial charge in [-0.2, -0.15) is 0 Å². The predicted molar refractivity (Wildman–Crippen MR) is 127 cm³/mol. The number of carbonyl (C=O) groups excluding carboxylic acids is 2. The summed E-state index contributed by atoms with van der Waals surface area (Å²) in [6.45, 7) is 6.64. The molecule has 3 rings (SSSR count). The van der Waals surface area contributed by atoms with Crippen LogP contribution in [0.2, 0.25) is 5.02 Å². The van der Waals surface area contributed by atoms with E-state index in [4.69, 9.17) is 16.3 Å². The van der Waals surface area contributed by atoms with E-state index >= 15 is 0 Å². The lowest BCUT2D eigenvalue weighted by Gasteiger charge is -2.39. The number of rotatable bonds is 9. The number of benzene rings is 2. The Morgan fingerprint density at radius 3 is 2.30 bits per heavy atom. The molecule has 1 aliphatic rings. The molecule has 2 aromatic carbocycles. The van der Waals surface area contributed by atoms with Crippen LogP contribution in [0, 0.1) is 0 Å². The summed E-state index contributed by atoms with van der Waals surface area (Å²) in [5, 5.41) is 0.737. The van der Waals surface area contributed by atoms with E-state index < -0.39 is 12.0 Å². The molecule has 1 atom stereocenters. The number of nitrogens with zero attached hydrogens (tertiary/aromatic N) is 2. The minimum atomic E-state index is -0.698. The van der Waals surface area contributed by atoms with Gasteiger partial charge in [0.15, 0.2) is 0 Å². The molecule has 0 spiro atoms. The van der Waals surface area contributed by atoms with E-state index in [1.54, 1.807) is 6.92 Å². The van der Waals surface area contributed by atoms with E-state index in [-0.39, 0.29) is 19.3 Å². The molecule has 1 unspecified atom stereocenters. The summed E-state index contributed by atoms with van der Waals surface area (Å²) < 4.78 is 10.1. The molecule has 0 aliphatic carbocycles. The largest absolute Gasteiger partial charge is 0.449 e. The molecular formula is C24H31ClN4O4. The minimum absolute atomic E-state index is 0.126. The molecule has 1 heterocycles. The average Bonchev–Trinajstić information content (AvgIpc) is 2.84. The van der Waals surface area contributed by atoms with Gasteiger partial charge in [0, 0.05) is 37.7 Å². The number of nitrogens with one attached hydrogen (secondary N) is 2. The number of amides is 2. The second kappa shape index (κ2) is 13.2. The average molecular weight is 475 g/mol. The van der Waals surface area contributed by atoms with Gasteiger partial charge in [0.2, 0.25) is 0 Å². The molecule has 1 saturated heterocycles. The Morgan fingerprint density at radius 1 is 0.970 bits per heavy atom. The molecule has 0 saturated carbocycles. The fraction of sp³-hybridized carbons (Fsp3) is 0.417. The molecule has 8 nitrogen and oxygen atoms in total. The summed E-state index contributed by atoms with van der Waals surface area (Å²) >= 11 is 6.11. The highest BCUT2D eigenvalue weighted by atomic mass is 35.5. The summed E-state index contributed by atoms with van der Waals surface area (Å²) in [5.74, 6) is -0.429. The maximum Gasteiger partial charge on any atom is 0.426 e. The standard InChI is InChI=1S/C24H31ClN4O4/c1-2-33-24(31)27-26-22(30)18-32-17-16-28-12-14-29(15-13-28)23(19-6-4-3-5-7-19)20-8-10-21(25)11-9-20/h3-11,23H,2,12-18H2,1H3,(H,26,30)(H,27,31). The first-order valence-electron chi connectivity index (χ1n) is 11.1. The number of hydrogen-bond donors (Lipinski definition) is 2. The van der Waals surface area contributed by atoms with Crippen LogP contribution < -0.4 is 10.9 Å². The highest BCUT2D eigenvalue weighted by Crippen LogP contribution is 2.30. The summed E-state index contributed by atoms with van der Waals surface area (Å²) in [6, 6.07) is 18.8. The number of hydrazine groups is 1. The van der Waals surface area contributed by atoms with Gasteiger partial charge in [-0.15, -0.1) is 0 Å². The van der Waals surface area contributed by atoms with Crippen LogP contribution >= 0.6 is 11.6 Å². The third-order valence-electron chi connectivity index (χ3n) is 5.44. The normalized spacial score (nSPS) is 15.6. The van der Waals surface area contributed by atoms with Crippen LogP contribution in [0.3, 0.4) is 0 Å². The van der Waals surface area contributed by atoms with Gasteiger partial charge in [-0.05, 0) is 30.2 Å². The fourth-order valence-electron chi connectivity index (χ4n) is 3.82. The molecule has 0 bridgehead atoms. The number of ether oxygens (including phenoxy) is 2. The molecule has 0 aromatic heterocycles. The van der Waals surface area contributed by atoms with Crippen LogP contribution in [0.4, 0.5) is 4.79 Å². The number of halogens is 1. The molecule has 2 aromatic rings. The first-order chi connectivity index (χ1) is 16.1. The van der Waals surface area contributed by atoms with Gasteiger partial charge in [0.1, 0.15) is 6.61 Å². The van der Waals surface area contributed by atoms with E-state index in [0.29, 0.717) is 6.61 Å². The predicted octanol–water partition coefficient (Wildman–Crippen LogP) is 2.84. The van der Waals surface area contributed by atoms with E-state index in [2.05, 4.69) is 61.8 Å². The lowest BCUT2D eigenvalue weighted by Crippen LogP contribution is -2.48. The van der Waals surface area contributed by atoms with E-state index in [0.717, 1.165) is 37.7 Å². The zero-order chi connectivity index (χ0) is 23.5. The molecule has 1 aliphatic heterocycles. The second-order valence-corrected chi connectivity index (χ2v) is 8.13. The Balaban J connectivity index is 1.43. The van der Waals surface area contributed by atoms with Gasteiger partial charge in [0.25, 0.3) is 5.91 Å². The first-order valence-corrected chi connectivity index (χ1v) is 11.5. The first kappa shape index (κ1) is 25.0. The van der Waals surface area contributed by atoms with Crippen LogP contribution in [0.15, 0.2) is 54.6 Å². The lowest BCUT2D eigenvalue weighted by molar-refractivity contribution is -0.126. The van der Waals surface area contributed by atoms with E-state index in [9.17, 15) is 9.59 Å². The van der Waals surface area contributed by atoms with Crippen molar-refractivity contribution in [1.82, 2.24) is 20.7 Å². The monoisotopic (exact) mass is 474 g/mol. The van der Waals surface area contributed by atoms with Gasteiger partial charge in [-0.3, -0.25) is 20.0 Å². The SMILES string of the molecule is CCOC(=O)NNC(=O)COCCN1CCN(C(c2ccccc2)c2ccc(Cl)cc2)CC1. The van der Waals surface area contributed by atoms with Crippen molar-refractivity contribution in [2.75, 3.05) is 52.5 Å². The van der Waals surface area contributed by atoms with Crippen molar-refractivity contribution in [3.05, 3.63) is 70.7 Å². The van der Waals surface area contributed by atoms with Crippen LogP contribution in [0.25, 0.3) is 0 Å². The number of hydrogen-bond acceptors (Lipinski definition) is 6. The van der Waals surface area contributed by atoms with Crippen molar-refractivity contribution >= 4 is 23.6 Å². The van der Waals surface area contributed by atoms with Crippen molar-refractivity contribution in [1.29, 1.82) is 0 Å². The summed E-state index contributed by atoms with van der Waals surface area (Å²) in [4.78, 5) is 27.6. The Bertz CT molecular complexity index is 874. The van der Waals surface area contributed by atoms with Crippen molar-refractivity contribution < 1.29 is 19.1 Å². The highest BCUT2D eigenvalue weighted by Gasteiger charge is 2.26. The second-order valence-electron chi connectivity index (χ2n) is 7.69. The molecule has 9 heteroatoms. The molecule has 2 amide bonds. The molecule has 0 radical (unpaired) electrons. The van der Waals surface area contributed by atoms with Crippen LogP contribution in [-0.2, 0) is 14.3 Å². The van der Waals surface area contributed by atoms with E-state index in [1.165, 1.54) is 11.1 Å². The Kier molecular flexibility index (Phi) is 9.96. The maximum atomic E-state index is 11.7.